The highest BCUT2D eigenvalue weighted by atomic mass is 19.1. The number of anilines is 3. The largest absolute Gasteiger partial charge is 0.377 e. The lowest BCUT2D eigenvalue weighted by Crippen LogP contribution is -2.07. The number of nitrogens with one attached hydrogen (secondary N) is 2. The second-order valence-corrected chi connectivity index (χ2v) is 4.63. The van der Waals surface area contributed by atoms with Crippen molar-refractivity contribution in [2.75, 3.05) is 24.3 Å². The van der Waals surface area contributed by atoms with Gasteiger partial charge in [0.25, 0.3) is 0 Å². The van der Waals surface area contributed by atoms with Gasteiger partial charge in [0.15, 0.2) is 5.82 Å². The van der Waals surface area contributed by atoms with Crippen molar-refractivity contribution in [1.82, 2.24) is 9.97 Å². The van der Waals surface area contributed by atoms with Gasteiger partial charge in [0.05, 0.1) is 5.69 Å². The second-order valence-electron chi connectivity index (χ2n) is 4.63. The van der Waals surface area contributed by atoms with E-state index in [1.54, 1.807) is 25.3 Å². The van der Waals surface area contributed by atoms with Gasteiger partial charge in [-0.05, 0) is 31.5 Å². The zero-order chi connectivity index (χ0) is 15.2. The summed E-state index contributed by atoms with van der Waals surface area (Å²) in [6.45, 7) is 4.92. The van der Waals surface area contributed by atoms with Crippen molar-refractivity contribution in [3.05, 3.63) is 41.5 Å². The number of rotatable bonds is 6. The number of nitrogens with zero attached hydrogens (tertiary/aromatic N) is 2. The molecule has 5 nitrogen and oxygen atoms in total. The maximum Gasteiger partial charge on any atom is 0.158 e. The van der Waals surface area contributed by atoms with Crippen LogP contribution in [0.15, 0.2) is 24.3 Å². The third kappa shape index (κ3) is 4.13. The zero-order valence-electron chi connectivity index (χ0n) is 12.4. The number of methoxy groups -OCH3 is 1. The smallest absolute Gasteiger partial charge is 0.158 e. The lowest BCUT2D eigenvalue weighted by molar-refractivity contribution is 0.178. The van der Waals surface area contributed by atoms with Gasteiger partial charge in [0, 0.05) is 19.7 Å². The summed E-state index contributed by atoms with van der Waals surface area (Å²) in [5.41, 5.74) is 1.36. The predicted octanol–water partition coefficient (Wildman–Crippen LogP) is 3.25. The number of aromatic nitrogens is 2. The number of halogens is 1. The molecule has 2 rings (SSSR count). The SMILES string of the molecule is CCNc1cc(Nc2cc(C)ccc2F)nc(COC)n1. The van der Waals surface area contributed by atoms with E-state index in [9.17, 15) is 4.39 Å². The fraction of sp³-hybridized carbons (Fsp3) is 0.333. The Morgan fingerprint density at radius 2 is 1.95 bits per heavy atom. The van der Waals surface area contributed by atoms with E-state index in [2.05, 4.69) is 20.6 Å². The first-order valence-corrected chi connectivity index (χ1v) is 6.76. The van der Waals surface area contributed by atoms with E-state index in [0.29, 0.717) is 29.8 Å². The van der Waals surface area contributed by atoms with Crippen molar-refractivity contribution in [3.8, 4) is 0 Å². The van der Waals surface area contributed by atoms with Crippen molar-refractivity contribution in [2.24, 2.45) is 0 Å². The van der Waals surface area contributed by atoms with E-state index >= 15 is 0 Å². The van der Waals surface area contributed by atoms with E-state index in [-0.39, 0.29) is 5.82 Å². The van der Waals surface area contributed by atoms with Gasteiger partial charge < -0.3 is 15.4 Å². The molecular formula is C15H19FN4O. The van der Waals surface area contributed by atoms with E-state index in [4.69, 9.17) is 4.74 Å². The molecule has 0 saturated carbocycles. The van der Waals surface area contributed by atoms with Gasteiger partial charge in [-0.15, -0.1) is 0 Å². The number of hydrogen-bond donors (Lipinski definition) is 2. The Morgan fingerprint density at radius 3 is 2.67 bits per heavy atom. The Kier molecular flexibility index (Phi) is 5.05. The first-order valence-electron chi connectivity index (χ1n) is 6.76. The van der Waals surface area contributed by atoms with Gasteiger partial charge in [0.1, 0.15) is 24.1 Å². The summed E-state index contributed by atoms with van der Waals surface area (Å²) in [5, 5.41) is 6.11. The van der Waals surface area contributed by atoms with Gasteiger partial charge in [-0.25, -0.2) is 14.4 Å². The van der Waals surface area contributed by atoms with Gasteiger partial charge in [-0.2, -0.15) is 0 Å². The van der Waals surface area contributed by atoms with E-state index in [1.165, 1.54) is 6.07 Å². The molecule has 2 N–H and O–H groups in total. The lowest BCUT2D eigenvalue weighted by Gasteiger charge is -2.11. The summed E-state index contributed by atoms with van der Waals surface area (Å²) >= 11 is 0. The standard InChI is InChI=1S/C15H19FN4O/c1-4-17-13-8-14(20-15(19-13)9-21-3)18-12-7-10(2)5-6-11(12)16/h5-8H,4,9H2,1-3H3,(H2,17,18,19,20). The Hall–Kier alpha value is -2.21. The van der Waals surface area contributed by atoms with Crippen molar-refractivity contribution in [2.45, 2.75) is 20.5 Å². The summed E-state index contributed by atoms with van der Waals surface area (Å²) in [7, 11) is 1.58. The minimum atomic E-state index is -0.322. The minimum absolute atomic E-state index is 0.296. The predicted molar refractivity (Wildman–Crippen MR) is 81.3 cm³/mol. The molecular weight excluding hydrogens is 271 g/mol. The van der Waals surface area contributed by atoms with Crippen molar-refractivity contribution >= 4 is 17.3 Å². The molecule has 1 aromatic carbocycles. The molecule has 0 amide bonds. The molecule has 0 aliphatic rings. The van der Waals surface area contributed by atoms with Crippen LogP contribution in [0.5, 0.6) is 0 Å². The van der Waals surface area contributed by atoms with Crippen LogP contribution in [0.3, 0.4) is 0 Å². The molecule has 0 aliphatic heterocycles. The molecule has 0 unspecified atom stereocenters. The Bertz CT molecular complexity index is 594. The van der Waals surface area contributed by atoms with Crippen LogP contribution in [0.2, 0.25) is 0 Å². The highest BCUT2D eigenvalue weighted by Crippen LogP contribution is 2.21. The molecule has 0 spiro atoms. The van der Waals surface area contributed by atoms with E-state index in [0.717, 1.165) is 12.1 Å². The number of benzene rings is 1. The molecule has 112 valence electrons. The summed E-state index contributed by atoms with van der Waals surface area (Å²) < 4.78 is 18.9. The maximum atomic E-state index is 13.8. The molecule has 0 radical (unpaired) electrons. The first-order chi connectivity index (χ1) is 10.1. The Labute approximate surface area is 123 Å². The molecule has 6 heteroatoms. The molecule has 0 saturated heterocycles. The fourth-order valence-electron chi connectivity index (χ4n) is 1.90. The third-order valence-electron chi connectivity index (χ3n) is 2.79. The lowest BCUT2D eigenvalue weighted by atomic mass is 10.2. The van der Waals surface area contributed by atoms with Crippen LogP contribution >= 0.6 is 0 Å². The molecule has 0 atom stereocenters. The van der Waals surface area contributed by atoms with Crippen LogP contribution in [-0.4, -0.2) is 23.6 Å². The summed E-state index contributed by atoms with van der Waals surface area (Å²) in [6.07, 6.45) is 0. The normalized spacial score (nSPS) is 10.5. The van der Waals surface area contributed by atoms with Gasteiger partial charge in [-0.1, -0.05) is 6.07 Å². The molecule has 2 aromatic rings. The Morgan fingerprint density at radius 1 is 1.19 bits per heavy atom. The van der Waals surface area contributed by atoms with Crippen LogP contribution in [0.1, 0.15) is 18.3 Å². The van der Waals surface area contributed by atoms with Crippen LogP contribution in [-0.2, 0) is 11.3 Å². The van der Waals surface area contributed by atoms with Crippen LogP contribution in [0, 0.1) is 12.7 Å². The topological polar surface area (TPSA) is 59.1 Å². The quantitative estimate of drug-likeness (QED) is 0.855. The minimum Gasteiger partial charge on any atom is -0.377 e. The average molecular weight is 290 g/mol. The number of ether oxygens (including phenoxy) is 1. The molecule has 21 heavy (non-hydrogen) atoms. The zero-order valence-corrected chi connectivity index (χ0v) is 12.4. The molecule has 0 aliphatic carbocycles. The number of aryl methyl sites for hydroxylation is 1. The molecule has 1 aromatic heterocycles. The highest BCUT2D eigenvalue weighted by Gasteiger charge is 2.07. The monoisotopic (exact) mass is 290 g/mol. The maximum absolute atomic E-state index is 13.8. The summed E-state index contributed by atoms with van der Waals surface area (Å²) in [6, 6.07) is 6.63. The Balaban J connectivity index is 2.31. The first kappa shape index (κ1) is 15.2. The highest BCUT2D eigenvalue weighted by molar-refractivity contribution is 5.60. The van der Waals surface area contributed by atoms with E-state index in [1.807, 2.05) is 13.8 Å². The molecule has 1 heterocycles. The van der Waals surface area contributed by atoms with E-state index < -0.39 is 0 Å². The molecule has 0 bridgehead atoms. The summed E-state index contributed by atoms with van der Waals surface area (Å²) in [4.78, 5) is 8.63. The van der Waals surface area contributed by atoms with Gasteiger partial charge >= 0.3 is 0 Å². The van der Waals surface area contributed by atoms with Crippen LogP contribution in [0.25, 0.3) is 0 Å². The van der Waals surface area contributed by atoms with Gasteiger partial charge in [-0.3, -0.25) is 0 Å². The third-order valence-corrected chi connectivity index (χ3v) is 2.79. The fourth-order valence-corrected chi connectivity index (χ4v) is 1.90. The molecule has 0 fully saturated rings. The average Bonchev–Trinajstić information content (AvgIpc) is 2.43. The number of hydrogen-bond acceptors (Lipinski definition) is 5. The van der Waals surface area contributed by atoms with Crippen molar-refractivity contribution in [3.63, 3.8) is 0 Å². The van der Waals surface area contributed by atoms with Crippen LogP contribution < -0.4 is 10.6 Å². The van der Waals surface area contributed by atoms with Crippen molar-refractivity contribution in [1.29, 1.82) is 0 Å². The van der Waals surface area contributed by atoms with Crippen molar-refractivity contribution < 1.29 is 9.13 Å². The summed E-state index contributed by atoms with van der Waals surface area (Å²) in [5.74, 6) is 1.41. The van der Waals surface area contributed by atoms with Gasteiger partial charge in [0.2, 0.25) is 0 Å². The second kappa shape index (κ2) is 6.99. The van der Waals surface area contributed by atoms with Crippen LogP contribution in [0.4, 0.5) is 21.7 Å².